The lowest BCUT2D eigenvalue weighted by Gasteiger charge is -2.45. The van der Waals surface area contributed by atoms with Gasteiger partial charge in [0, 0.05) is 18.6 Å². The molecule has 2 nitrogen and oxygen atoms in total. The summed E-state index contributed by atoms with van der Waals surface area (Å²) < 4.78 is 0. The highest BCUT2D eigenvalue weighted by Gasteiger charge is 2.39. The first-order valence-corrected chi connectivity index (χ1v) is 5.91. The quantitative estimate of drug-likeness (QED) is 0.653. The van der Waals surface area contributed by atoms with E-state index >= 15 is 0 Å². The second-order valence-electron chi connectivity index (χ2n) is 4.95. The number of rotatable bonds is 1. The monoisotopic (exact) mass is 180 g/mol. The van der Waals surface area contributed by atoms with Gasteiger partial charge in [0.2, 0.25) is 0 Å². The second kappa shape index (κ2) is 3.25. The smallest absolute Gasteiger partial charge is 0.0263 e. The van der Waals surface area contributed by atoms with Crippen LogP contribution in [0.15, 0.2) is 0 Å². The van der Waals surface area contributed by atoms with E-state index in [0.717, 1.165) is 18.0 Å². The molecule has 3 rings (SSSR count). The number of hydrogen-bond acceptors (Lipinski definition) is 2. The highest BCUT2D eigenvalue weighted by Crippen LogP contribution is 2.34. The Morgan fingerprint density at radius 1 is 1.00 bits per heavy atom. The number of nitrogens with one attached hydrogen (secondary N) is 1. The molecule has 0 radical (unpaired) electrons. The zero-order chi connectivity index (χ0) is 8.67. The molecule has 2 aliphatic heterocycles. The van der Waals surface area contributed by atoms with Crippen molar-refractivity contribution in [3.05, 3.63) is 0 Å². The fourth-order valence-corrected chi connectivity index (χ4v) is 3.28. The lowest BCUT2D eigenvalue weighted by molar-refractivity contribution is 0.0392. The van der Waals surface area contributed by atoms with E-state index in [1.165, 1.54) is 51.7 Å². The SMILES string of the molecule is C1CC(N2CCC[C@@H]3CNC[C@@H]32)C1. The van der Waals surface area contributed by atoms with Gasteiger partial charge in [-0.15, -0.1) is 0 Å². The van der Waals surface area contributed by atoms with Gasteiger partial charge in [-0.2, -0.15) is 0 Å². The Morgan fingerprint density at radius 3 is 2.69 bits per heavy atom. The zero-order valence-electron chi connectivity index (χ0n) is 8.34. The molecule has 13 heavy (non-hydrogen) atoms. The number of piperidine rings is 1. The van der Waals surface area contributed by atoms with Gasteiger partial charge in [0.1, 0.15) is 0 Å². The Kier molecular flexibility index (Phi) is 2.06. The van der Waals surface area contributed by atoms with Crippen LogP contribution < -0.4 is 5.32 Å². The third kappa shape index (κ3) is 1.31. The van der Waals surface area contributed by atoms with E-state index in [1.54, 1.807) is 0 Å². The molecule has 2 heteroatoms. The molecular formula is C11H20N2. The van der Waals surface area contributed by atoms with Gasteiger partial charge < -0.3 is 5.32 Å². The Morgan fingerprint density at radius 2 is 1.92 bits per heavy atom. The normalized spacial score (nSPS) is 41.5. The standard InChI is InChI=1S/C11H20N2/c1-4-10(5-1)13-6-2-3-9-7-12-8-11(9)13/h9-12H,1-8H2/t9-,11+/m1/s1. The molecule has 0 aromatic heterocycles. The van der Waals surface area contributed by atoms with Crippen LogP contribution in [0.1, 0.15) is 32.1 Å². The Bertz CT molecular complexity index is 189. The van der Waals surface area contributed by atoms with Gasteiger partial charge in [-0.1, -0.05) is 6.42 Å². The van der Waals surface area contributed by atoms with Crippen LogP contribution in [0.25, 0.3) is 0 Å². The highest BCUT2D eigenvalue weighted by molar-refractivity contribution is 4.96. The number of likely N-dealkylation sites (tertiary alicyclic amines) is 1. The summed E-state index contributed by atoms with van der Waals surface area (Å²) in [4.78, 5) is 2.82. The van der Waals surface area contributed by atoms with Crippen molar-refractivity contribution in [2.75, 3.05) is 19.6 Å². The summed E-state index contributed by atoms with van der Waals surface area (Å²) in [7, 11) is 0. The molecule has 1 N–H and O–H groups in total. The summed E-state index contributed by atoms with van der Waals surface area (Å²) in [6.07, 6.45) is 7.35. The number of hydrogen-bond donors (Lipinski definition) is 1. The van der Waals surface area contributed by atoms with Crippen molar-refractivity contribution in [2.24, 2.45) is 5.92 Å². The average Bonchev–Trinajstić information content (AvgIpc) is 2.49. The fourth-order valence-electron chi connectivity index (χ4n) is 3.28. The molecule has 3 fully saturated rings. The van der Waals surface area contributed by atoms with Crippen molar-refractivity contribution in [2.45, 2.75) is 44.2 Å². The van der Waals surface area contributed by atoms with Crippen molar-refractivity contribution in [3.8, 4) is 0 Å². The molecule has 1 aliphatic carbocycles. The van der Waals surface area contributed by atoms with Gasteiger partial charge >= 0.3 is 0 Å². The van der Waals surface area contributed by atoms with Crippen LogP contribution in [-0.4, -0.2) is 36.6 Å². The van der Waals surface area contributed by atoms with E-state index in [9.17, 15) is 0 Å². The van der Waals surface area contributed by atoms with E-state index < -0.39 is 0 Å². The van der Waals surface area contributed by atoms with Crippen molar-refractivity contribution in [3.63, 3.8) is 0 Å². The molecule has 0 aromatic rings. The van der Waals surface area contributed by atoms with Crippen LogP contribution >= 0.6 is 0 Å². The maximum atomic E-state index is 3.56. The van der Waals surface area contributed by atoms with Crippen LogP contribution in [-0.2, 0) is 0 Å². The van der Waals surface area contributed by atoms with Gasteiger partial charge in [-0.05, 0) is 44.7 Å². The summed E-state index contributed by atoms with van der Waals surface area (Å²) >= 11 is 0. The van der Waals surface area contributed by atoms with E-state index in [-0.39, 0.29) is 0 Å². The summed E-state index contributed by atoms with van der Waals surface area (Å²) in [6, 6.07) is 1.87. The average molecular weight is 180 g/mol. The number of fused-ring (bicyclic) bond motifs is 1. The molecule has 3 aliphatic rings. The summed E-state index contributed by atoms with van der Waals surface area (Å²) in [5.74, 6) is 0.981. The number of nitrogens with zero attached hydrogens (tertiary/aromatic N) is 1. The minimum Gasteiger partial charge on any atom is -0.315 e. The van der Waals surface area contributed by atoms with Gasteiger partial charge in [0.05, 0.1) is 0 Å². The van der Waals surface area contributed by atoms with Crippen molar-refractivity contribution >= 4 is 0 Å². The van der Waals surface area contributed by atoms with Gasteiger partial charge in [-0.25, -0.2) is 0 Å². The minimum atomic E-state index is 0.902. The van der Waals surface area contributed by atoms with E-state index in [0.29, 0.717) is 0 Å². The first-order valence-electron chi connectivity index (χ1n) is 5.91. The van der Waals surface area contributed by atoms with E-state index in [2.05, 4.69) is 10.2 Å². The van der Waals surface area contributed by atoms with Crippen LogP contribution in [0.4, 0.5) is 0 Å². The molecule has 2 saturated heterocycles. The van der Waals surface area contributed by atoms with Gasteiger partial charge in [-0.3, -0.25) is 4.90 Å². The lowest BCUT2D eigenvalue weighted by Crippen LogP contribution is -2.52. The van der Waals surface area contributed by atoms with Crippen LogP contribution in [0.2, 0.25) is 0 Å². The van der Waals surface area contributed by atoms with E-state index in [4.69, 9.17) is 0 Å². The van der Waals surface area contributed by atoms with Crippen LogP contribution in [0.3, 0.4) is 0 Å². The molecule has 0 spiro atoms. The molecule has 1 saturated carbocycles. The Balaban J connectivity index is 1.70. The topological polar surface area (TPSA) is 15.3 Å². The van der Waals surface area contributed by atoms with E-state index in [1.807, 2.05) is 0 Å². The molecule has 2 heterocycles. The summed E-state index contributed by atoms with van der Waals surface area (Å²) in [5.41, 5.74) is 0. The maximum Gasteiger partial charge on any atom is 0.0263 e. The first kappa shape index (κ1) is 8.25. The molecule has 0 bridgehead atoms. The van der Waals surface area contributed by atoms with Crippen molar-refractivity contribution in [1.29, 1.82) is 0 Å². The predicted octanol–water partition coefficient (Wildman–Crippen LogP) is 1.22. The Hall–Kier alpha value is -0.0800. The third-order valence-electron chi connectivity index (χ3n) is 4.27. The highest BCUT2D eigenvalue weighted by atomic mass is 15.2. The minimum absolute atomic E-state index is 0.902. The molecular weight excluding hydrogens is 160 g/mol. The molecule has 0 aromatic carbocycles. The largest absolute Gasteiger partial charge is 0.315 e. The summed E-state index contributed by atoms with van der Waals surface area (Å²) in [5, 5.41) is 3.56. The zero-order valence-corrected chi connectivity index (χ0v) is 8.34. The van der Waals surface area contributed by atoms with Crippen LogP contribution in [0.5, 0.6) is 0 Å². The second-order valence-corrected chi connectivity index (χ2v) is 4.95. The first-order chi connectivity index (χ1) is 6.45. The fraction of sp³-hybridized carbons (Fsp3) is 1.00. The van der Waals surface area contributed by atoms with Gasteiger partial charge in [0.25, 0.3) is 0 Å². The molecule has 0 amide bonds. The lowest BCUT2D eigenvalue weighted by atomic mass is 9.84. The predicted molar refractivity (Wildman–Crippen MR) is 53.7 cm³/mol. The molecule has 74 valence electrons. The van der Waals surface area contributed by atoms with Crippen molar-refractivity contribution < 1.29 is 0 Å². The third-order valence-corrected chi connectivity index (χ3v) is 4.27. The molecule has 2 atom stereocenters. The maximum absolute atomic E-state index is 3.56. The summed E-state index contributed by atoms with van der Waals surface area (Å²) in [6.45, 7) is 3.93. The Labute approximate surface area is 80.7 Å². The van der Waals surface area contributed by atoms with Crippen LogP contribution in [0, 0.1) is 5.92 Å². The van der Waals surface area contributed by atoms with Crippen molar-refractivity contribution in [1.82, 2.24) is 10.2 Å². The van der Waals surface area contributed by atoms with Gasteiger partial charge in [0.15, 0.2) is 0 Å². The molecule has 0 unspecified atom stereocenters.